The maximum atomic E-state index is 13.0. The maximum absolute atomic E-state index is 13.0. The number of hydrogen-bond donors (Lipinski definition) is 2. The van der Waals surface area contributed by atoms with E-state index in [0.29, 0.717) is 6.42 Å². The summed E-state index contributed by atoms with van der Waals surface area (Å²) in [6.07, 6.45) is 8.21. The Morgan fingerprint density at radius 1 is 1.17 bits per heavy atom. The fourth-order valence-electron chi connectivity index (χ4n) is 6.01. The normalized spacial score (nSPS) is 45.7. The van der Waals surface area contributed by atoms with Crippen LogP contribution in [0.1, 0.15) is 46.0 Å². The van der Waals surface area contributed by atoms with Gasteiger partial charge in [-0.3, -0.25) is 9.59 Å². The van der Waals surface area contributed by atoms with E-state index in [2.05, 4.69) is 6.92 Å². The molecule has 0 heterocycles. The van der Waals surface area contributed by atoms with Gasteiger partial charge in [-0.1, -0.05) is 25.5 Å². The summed E-state index contributed by atoms with van der Waals surface area (Å²) in [6.45, 7) is 3.94. The van der Waals surface area contributed by atoms with Gasteiger partial charge < -0.3 is 10.2 Å². The van der Waals surface area contributed by atoms with Crippen LogP contribution in [0.25, 0.3) is 0 Å². The summed E-state index contributed by atoms with van der Waals surface area (Å²) >= 11 is 0. The molecule has 0 aromatic carbocycles. The van der Waals surface area contributed by atoms with Crippen molar-refractivity contribution in [2.45, 2.75) is 51.7 Å². The first-order chi connectivity index (χ1) is 10.7. The molecule has 3 saturated carbocycles. The Labute approximate surface area is 156 Å². The number of carbonyl (C=O) groups excluding carboxylic acids is 2. The first kappa shape index (κ1) is 18.2. The summed E-state index contributed by atoms with van der Waals surface area (Å²) in [5.41, 5.74) is -0.0527. The number of hydrogen-bond acceptors (Lipinski definition) is 4. The predicted octanol–water partition coefficient (Wildman–Crippen LogP) is 2.15. The molecule has 5 atom stereocenters. The molecule has 2 N–H and O–H groups in total. The van der Waals surface area contributed by atoms with Crippen LogP contribution in [0.5, 0.6) is 0 Å². The van der Waals surface area contributed by atoms with Gasteiger partial charge in [-0.2, -0.15) is 0 Å². The van der Waals surface area contributed by atoms with Crippen molar-refractivity contribution in [1.82, 2.24) is 0 Å². The minimum Gasteiger partial charge on any atom is -0.365 e. The maximum Gasteiger partial charge on any atom is 0.178 e. The van der Waals surface area contributed by atoms with Gasteiger partial charge in [0.2, 0.25) is 0 Å². The Kier molecular flexibility index (Phi) is 4.15. The van der Waals surface area contributed by atoms with Crippen molar-refractivity contribution in [2.24, 2.45) is 28.6 Å². The van der Waals surface area contributed by atoms with Crippen LogP contribution in [-0.4, -0.2) is 27.6 Å². The molecule has 24 heavy (non-hydrogen) atoms. The van der Waals surface area contributed by atoms with Gasteiger partial charge in [-0.15, -0.1) is 0 Å². The van der Waals surface area contributed by atoms with Gasteiger partial charge in [-0.25, -0.2) is 0 Å². The van der Waals surface area contributed by atoms with Gasteiger partial charge in [0.05, 0.1) is 0 Å². The molecule has 0 saturated heterocycles. The zero-order valence-electron chi connectivity index (χ0n) is 14.1. The molecule has 0 amide bonds. The largest absolute Gasteiger partial charge is 0.365 e. The molecule has 0 aromatic heterocycles. The van der Waals surface area contributed by atoms with Gasteiger partial charge in [0.25, 0.3) is 0 Å². The molecule has 0 bridgehead atoms. The van der Waals surface area contributed by atoms with E-state index in [1.54, 1.807) is 12.2 Å². The standard InChI is InChI=1S/C19H24O4.W/c1-17-7-5-12(20)9-11(17)3-4-13-14-6-8-19(22,23)18(14,2)10-15(21)16(13)17;/h5,7,9,13-14,16,22-23H,3-4,6,8,10H2,1-2H3;/t13-,14-,16+,17-,18-;/m0./s1. The molecule has 4 rings (SSSR count). The number of allylic oxidation sites excluding steroid dienone is 4. The molecule has 5 heteroatoms. The van der Waals surface area contributed by atoms with Gasteiger partial charge >= 0.3 is 0 Å². The van der Waals surface area contributed by atoms with Crippen LogP contribution < -0.4 is 0 Å². The first-order valence-corrected chi connectivity index (χ1v) is 8.61. The Balaban J connectivity index is 0.00000169. The van der Waals surface area contributed by atoms with Crippen LogP contribution in [0.4, 0.5) is 0 Å². The van der Waals surface area contributed by atoms with Crippen LogP contribution in [0, 0.1) is 28.6 Å². The number of fused-ring (bicyclic) bond motifs is 5. The third-order valence-corrected chi connectivity index (χ3v) is 7.37. The second-order valence-corrected chi connectivity index (χ2v) is 8.39. The van der Waals surface area contributed by atoms with Gasteiger partial charge in [0.15, 0.2) is 11.6 Å². The smallest absolute Gasteiger partial charge is 0.178 e. The fraction of sp³-hybridized carbons (Fsp3) is 0.684. The zero-order valence-corrected chi connectivity index (χ0v) is 17.1. The Hall–Kier alpha value is -0.572. The molecule has 0 spiro atoms. The minimum atomic E-state index is -1.74. The second-order valence-electron chi connectivity index (χ2n) is 8.39. The van der Waals surface area contributed by atoms with Crippen molar-refractivity contribution in [3.63, 3.8) is 0 Å². The molecular weight excluding hydrogens is 476 g/mol. The van der Waals surface area contributed by atoms with E-state index in [1.807, 2.05) is 13.0 Å². The van der Waals surface area contributed by atoms with E-state index >= 15 is 0 Å². The number of rotatable bonds is 0. The van der Waals surface area contributed by atoms with Crippen molar-refractivity contribution in [1.29, 1.82) is 0 Å². The summed E-state index contributed by atoms with van der Waals surface area (Å²) in [4.78, 5) is 24.7. The van der Waals surface area contributed by atoms with E-state index in [-0.39, 0.29) is 62.2 Å². The summed E-state index contributed by atoms with van der Waals surface area (Å²) in [5, 5.41) is 20.8. The van der Waals surface area contributed by atoms with Crippen LogP contribution in [0.15, 0.2) is 23.8 Å². The molecule has 4 nitrogen and oxygen atoms in total. The molecule has 4 aliphatic rings. The van der Waals surface area contributed by atoms with E-state index in [9.17, 15) is 19.8 Å². The predicted molar refractivity (Wildman–Crippen MR) is 84.2 cm³/mol. The van der Waals surface area contributed by atoms with Crippen molar-refractivity contribution < 1.29 is 40.9 Å². The number of aliphatic hydroxyl groups is 2. The molecule has 130 valence electrons. The van der Waals surface area contributed by atoms with Crippen molar-refractivity contribution in [3.8, 4) is 0 Å². The summed E-state index contributed by atoms with van der Waals surface area (Å²) in [5.74, 6) is -1.43. The SMILES string of the molecule is C[C@]12C=CC(=O)C=C1CC[C@@H]1[C@@H]2C(=O)C[C@@]2(C)[C@H]1CCC2(O)O.[W]. The average Bonchev–Trinajstić information content (AvgIpc) is 2.69. The van der Waals surface area contributed by atoms with Crippen LogP contribution >= 0.6 is 0 Å². The van der Waals surface area contributed by atoms with Crippen LogP contribution in [0.2, 0.25) is 0 Å². The second kappa shape index (κ2) is 5.46. The fourth-order valence-corrected chi connectivity index (χ4v) is 6.01. The Morgan fingerprint density at radius 2 is 1.88 bits per heavy atom. The Morgan fingerprint density at radius 3 is 2.58 bits per heavy atom. The third kappa shape index (κ3) is 2.15. The summed E-state index contributed by atoms with van der Waals surface area (Å²) in [7, 11) is 0. The van der Waals surface area contributed by atoms with E-state index in [0.717, 1.165) is 24.8 Å². The molecule has 0 radical (unpaired) electrons. The van der Waals surface area contributed by atoms with E-state index in [1.165, 1.54) is 0 Å². The van der Waals surface area contributed by atoms with Gasteiger partial charge in [-0.05, 0) is 43.3 Å². The van der Waals surface area contributed by atoms with Crippen LogP contribution in [0.3, 0.4) is 0 Å². The summed E-state index contributed by atoms with van der Waals surface area (Å²) < 4.78 is 0. The van der Waals surface area contributed by atoms with E-state index < -0.39 is 11.2 Å². The molecule has 0 unspecified atom stereocenters. The number of carbonyl (C=O) groups is 2. The molecule has 0 aromatic rings. The van der Waals surface area contributed by atoms with E-state index in [4.69, 9.17) is 0 Å². The van der Waals surface area contributed by atoms with Crippen molar-refractivity contribution in [2.75, 3.05) is 0 Å². The molecular formula is C19H24O4W. The van der Waals surface area contributed by atoms with Crippen LogP contribution in [-0.2, 0) is 30.7 Å². The summed E-state index contributed by atoms with van der Waals surface area (Å²) in [6, 6.07) is 0. The molecule has 3 fully saturated rings. The number of Topliss-reactive ketones (excluding diaryl/α,β-unsaturated/α-hetero) is 1. The first-order valence-electron chi connectivity index (χ1n) is 8.61. The van der Waals surface area contributed by atoms with Gasteiger partial charge in [0.1, 0.15) is 5.78 Å². The molecule has 0 aliphatic heterocycles. The third-order valence-electron chi connectivity index (χ3n) is 7.37. The number of ketones is 2. The Bertz CT molecular complexity index is 664. The molecule has 4 aliphatic carbocycles. The average molecular weight is 500 g/mol. The quantitative estimate of drug-likeness (QED) is 0.501. The topological polar surface area (TPSA) is 74.6 Å². The van der Waals surface area contributed by atoms with Crippen molar-refractivity contribution in [3.05, 3.63) is 23.8 Å². The minimum absolute atomic E-state index is 0. The van der Waals surface area contributed by atoms with Crippen molar-refractivity contribution >= 4 is 11.6 Å². The van der Waals surface area contributed by atoms with Gasteiger partial charge in [0, 0.05) is 50.7 Å². The zero-order chi connectivity index (χ0) is 16.6. The monoisotopic (exact) mass is 500 g/mol.